The summed E-state index contributed by atoms with van der Waals surface area (Å²) in [6.07, 6.45) is 13.8. The van der Waals surface area contributed by atoms with Crippen molar-refractivity contribution in [3.63, 3.8) is 0 Å². The van der Waals surface area contributed by atoms with Crippen LogP contribution in [0.5, 0.6) is 0 Å². The number of fused-ring (bicyclic) bond motifs is 1. The Morgan fingerprint density at radius 1 is 0.947 bits per heavy atom. The summed E-state index contributed by atoms with van der Waals surface area (Å²) in [5.74, 6) is -0.864. The molecule has 3 aliphatic carbocycles. The highest BCUT2D eigenvalue weighted by molar-refractivity contribution is 5.83. The highest BCUT2D eigenvalue weighted by Crippen LogP contribution is 2.32. The summed E-state index contributed by atoms with van der Waals surface area (Å²) < 4.78 is 18.0. The molecule has 3 fully saturated rings. The van der Waals surface area contributed by atoms with E-state index in [0.717, 1.165) is 88.0 Å². The lowest BCUT2D eigenvalue weighted by Gasteiger charge is -2.34. The number of hydrogen-bond acceptors (Lipinski definition) is 5. The van der Waals surface area contributed by atoms with E-state index in [0.29, 0.717) is 11.2 Å². The summed E-state index contributed by atoms with van der Waals surface area (Å²) in [6.45, 7) is -0.406. The Morgan fingerprint density at radius 3 is 2.24 bits per heavy atom. The number of anilines is 1. The van der Waals surface area contributed by atoms with E-state index >= 15 is 4.39 Å². The summed E-state index contributed by atoms with van der Waals surface area (Å²) in [4.78, 5) is 42.5. The SMILES string of the molecule is O=C(Cn1c(=O)c2cc(F)c(NC3CCCCC3)cc2n(C2CCCC2)c1=O)N(CCO)C1CCCCC1. The van der Waals surface area contributed by atoms with Gasteiger partial charge in [0.15, 0.2) is 0 Å². The Hall–Kier alpha value is -2.68. The lowest BCUT2D eigenvalue weighted by atomic mass is 9.94. The standard InChI is InChI=1S/C29H41FN4O4/c30-24-17-23-26(18-25(24)31-20-9-3-1-4-10-20)34(22-13-7-8-14-22)29(38)33(28(23)37)19-27(36)32(15-16-35)21-11-5-2-6-12-21/h17-18,20-22,31,35H,1-16,19H2. The molecule has 0 unspecified atom stereocenters. The minimum absolute atomic E-state index is 0.00230. The molecule has 3 aliphatic rings. The number of hydrogen-bond donors (Lipinski definition) is 2. The number of aliphatic hydroxyl groups excluding tert-OH is 1. The number of carbonyl (C=O) groups excluding carboxylic acids is 1. The number of nitrogens with one attached hydrogen (secondary N) is 1. The first-order chi connectivity index (χ1) is 18.5. The van der Waals surface area contributed by atoms with Crippen LogP contribution in [0, 0.1) is 5.82 Å². The first-order valence-electron chi connectivity index (χ1n) is 14.6. The topological polar surface area (TPSA) is 96.6 Å². The molecule has 208 valence electrons. The van der Waals surface area contributed by atoms with E-state index in [-0.39, 0.29) is 42.6 Å². The molecule has 5 rings (SSSR count). The van der Waals surface area contributed by atoms with Crippen LogP contribution in [-0.2, 0) is 11.3 Å². The molecule has 0 atom stereocenters. The molecule has 3 saturated carbocycles. The Bertz CT molecular complexity index is 1250. The molecule has 9 heteroatoms. The van der Waals surface area contributed by atoms with Crippen molar-refractivity contribution >= 4 is 22.5 Å². The highest BCUT2D eigenvalue weighted by Gasteiger charge is 2.29. The predicted molar refractivity (Wildman–Crippen MR) is 146 cm³/mol. The number of aromatic nitrogens is 2. The number of rotatable bonds is 8. The molecule has 2 aromatic rings. The Balaban J connectivity index is 1.55. The third-order valence-corrected chi connectivity index (χ3v) is 8.88. The van der Waals surface area contributed by atoms with E-state index in [9.17, 15) is 19.5 Å². The average molecular weight is 529 g/mol. The van der Waals surface area contributed by atoms with Crippen molar-refractivity contribution in [3.8, 4) is 0 Å². The van der Waals surface area contributed by atoms with Crippen molar-refractivity contribution in [2.45, 2.75) is 115 Å². The molecule has 0 saturated heterocycles. The molecule has 8 nitrogen and oxygen atoms in total. The fraction of sp³-hybridized carbons (Fsp3) is 0.690. The number of amides is 1. The van der Waals surface area contributed by atoms with Crippen molar-refractivity contribution in [3.05, 3.63) is 38.8 Å². The van der Waals surface area contributed by atoms with Crippen LogP contribution in [0.2, 0.25) is 0 Å². The normalized spacial score (nSPS) is 19.7. The van der Waals surface area contributed by atoms with Gasteiger partial charge in [-0.05, 0) is 50.7 Å². The van der Waals surface area contributed by atoms with E-state index in [1.165, 1.54) is 12.5 Å². The molecular weight excluding hydrogens is 487 g/mol. The lowest BCUT2D eigenvalue weighted by Crippen LogP contribution is -2.49. The van der Waals surface area contributed by atoms with Gasteiger partial charge in [-0.2, -0.15) is 0 Å². The van der Waals surface area contributed by atoms with Gasteiger partial charge in [0.2, 0.25) is 5.91 Å². The molecule has 1 aromatic heterocycles. The van der Waals surface area contributed by atoms with Gasteiger partial charge >= 0.3 is 5.69 Å². The third-order valence-electron chi connectivity index (χ3n) is 8.88. The van der Waals surface area contributed by atoms with Crippen LogP contribution in [0.25, 0.3) is 10.9 Å². The third kappa shape index (κ3) is 5.53. The van der Waals surface area contributed by atoms with E-state index in [2.05, 4.69) is 5.32 Å². The second kappa shape index (κ2) is 12.0. The summed E-state index contributed by atoms with van der Waals surface area (Å²) in [5.41, 5.74) is -0.376. The molecular formula is C29H41FN4O4. The highest BCUT2D eigenvalue weighted by atomic mass is 19.1. The summed E-state index contributed by atoms with van der Waals surface area (Å²) in [6, 6.07) is 2.96. The molecule has 1 heterocycles. The van der Waals surface area contributed by atoms with Gasteiger partial charge in [0, 0.05) is 24.7 Å². The predicted octanol–water partition coefficient (Wildman–Crippen LogP) is 4.32. The van der Waals surface area contributed by atoms with Crippen molar-refractivity contribution in [1.29, 1.82) is 0 Å². The van der Waals surface area contributed by atoms with E-state index in [4.69, 9.17) is 0 Å². The van der Waals surface area contributed by atoms with E-state index in [1.54, 1.807) is 15.5 Å². The quantitative estimate of drug-likeness (QED) is 0.532. The molecule has 2 N–H and O–H groups in total. The number of carbonyl (C=O) groups is 1. The van der Waals surface area contributed by atoms with Crippen molar-refractivity contribution < 1.29 is 14.3 Å². The lowest BCUT2D eigenvalue weighted by molar-refractivity contribution is -0.135. The fourth-order valence-corrected chi connectivity index (χ4v) is 6.87. The van der Waals surface area contributed by atoms with Crippen LogP contribution in [-0.4, -0.2) is 50.3 Å². The van der Waals surface area contributed by atoms with Crippen LogP contribution < -0.4 is 16.6 Å². The maximum absolute atomic E-state index is 15.3. The number of benzene rings is 1. The van der Waals surface area contributed by atoms with Gasteiger partial charge in [-0.3, -0.25) is 18.7 Å². The Kier molecular flexibility index (Phi) is 8.51. The molecule has 0 bridgehead atoms. The minimum Gasteiger partial charge on any atom is -0.395 e. The minimum atomic E-state index is -0.636. The Morgan fingerprint density at radius 2 is 1.58 bits per heavy atom. The fourth-order valence-electron chi connectivity index (χ4n) is 6.87. The van der Waals surface area contributed by atoms with Crippen LogP contribution in [0.3, 0.4) is 0 Å². The van der Waals surface area contributed by atoms with Crippen molar-refractivity contribution in [2.75, 3.05) is 18.5 Å². The van der Waals surface area contributed by atoms with Gasteiger partial charge < -0.3 is 15.3 Å². The van der Waals surface area contributed by atoms with E-state index in [1.807, 2.05) is 0 Å². The second-order valence-electron chi connectivity index (χ2n) is 11.4. The van der Waals surface area contributed by atoms with Gasteiger partial charge in [-0.25, -0.2) is 9.18 Å². The second-order valence-corrected chi connectivity index (χ2v) is 11.4. The molecule has 0 spiro atoms. The van der Waals surface area contributed by atoms with Gasteiger partial charge in [-0.1, -0.05) is 51.4 Å². The zero-order valence-corrected chi connectivity index (χ0v) is 22.3. The maximum Gasteiger partial charge on any atom is 0.332 e. The summed E-state index contributed by atoms with van der Waals surface area (Å²) in [5, 5.41) is 13.1. The first-order valence-corrected chi connectivity index (χ1v) is 14.6. The number of aliphatic hydroxyl groups is 1. The number of halogens is 1. The van der Waals surface area contributed by atoms with Crippen LogP contribution >= 0.6 is 0 Å². The van der Waals surface area contributed by atoms with Crippen molar-refractivity contribution in [1.82, 2.24) is 14.0 Å². The maximum atomic E-state index is 15.3. The van der Waals surface area contributed by atoms with Crippen LogP contribution in [0.15, 0.2) is 21.7 Å². The molecule has 0 radical (unpaired) electrons. The van der Waals surface area contributed by atoms with Gasteiger partial charge in [0.05, 0.1) is 23.2 Å². The molecule has 1 aromatic carbocycles. The molecule has 1 amide bonds. The van der Waals surface area contributed by atoms with Gasteiger partial charge in [0.1, 0.15) is 12.4 Å². The van der Waals surface area contributed by atoms with Crippen LogP contribution in [0.4, 0.5) is 10.1 Å². The average Bonchev–Trinajstić information content (AvgIpc) is 3.46. The van der Waals surface area contributed by atoms with E-state index < -0.39 is 23.6 Å². The summed E-state index contributed by atoms with van der Waals surface area (Å²) in [7, 11) is 0. The zero-order valence-electron chi connectivity index (χ0n) is 22.3. The van der Waals surface area contributed by atoms with Gasteiger partial charge in [-0.15, -0.1) is 0 Å². The first kappa shape index (κ1) is 26.9. The van der Waals surface area contributed by atoms with Crippen molar-refractivity contribution in [2.24, 2.45) is 0 Å². The summed E-state index contributed by atoms with van der Waals surface area (Å²) >= 11 is 0. The monoisotopic (exact) mass is 528 g/mol. The Labute approximate surface area is 222 Å². The molecule has 0 aliphatic heterocycles. The number of nitrogens with zero attached hydrogens (tertiary/aromatic N) is 3. The smallest absolute Gasteiger partial charge is 0.332 e. The zero-order chi connectivity index (χ0) is 26.6. The molecule has 38 heavy (non-hydrogen) atoms. The van der Waals surface area contributed by atoms with Gasteiger partial charge in [0.25, 0.3) is 5.56 Å². The van der Waals surface area contributed by atoms with Crippen LogP contribution in [0.1, 0.15) is 95.9 Å². The largest absolute Gasteiger partial charge is 0.395 e.